The van der Waals surface area contributed by atoms with Crippen molar-refractivity contribution < 1.29 is 4.79 Å². The smallest absolute Gasteiger partial charge is 0.240 e. The van der Waals surface area contributed by atoms with Crippen LogP contribution in [-0.4, -0.2) is 11.2 Å². The van der Waals surface area contributed by atoms with E-state index in [1.54, 1.807) is 0 Å². The van der Waals surface area contributed by atoms with Gasteiger partial charge in [0, 0.05) is 16.6 Å². The lowest BCUT2D eigenvalue weighted by atomic mass is 9.72. The first-order chi connectivity index (χ1) is 12.6. The van der Waals surface area contributed by atoms with Crippen LogP contribution in [0.15, 0.2) is 66.7 Å². The Labute approximate surface area is 162 Å². The summed E-state index contributed by atoms with van der Waals surface area (Å²) in [6, 6.07) is 22.4. The molecule has 3 heteroatoms. The molecule has 3 aromatic rings. The molecule has 1 N–H and O–H groups in total. The predicted molar refractivity (Wildman–Crippen MR) is 111 cm³/mol. The van der Waals surface area contributed by atoms with Crippen molar-refractivity contribution in [2.24, 2.45) is 0 Å². The third-order valence-electron chi connectivity index (χ3n) is 5.36. The molecule has 2 nitrogen and oxygen atoms in total. The first-order valence-corrected chi connectivity index (χ1v) is 9.85. The summed E-state index contributed by atoms with van der Waals surface area (Å²) in [6.45, 7) is 4.22. The number of amides is 1. The quantitative estimate of drug-likeness (QED) is 0.552. The third kappa shape index (κ3) is 2.34. The van der Waals surface area contributed by atoms with E-state index in [4.69, 9.17) is 0 Å². The second kappa shape index (κ2) is 6.40. The number of nitrogens with one attached hydrogen (secondary N) is 1. The van der Waals surface area contributed by atoms with Crippen molar-refractivity contribution in [3.05, 3.63) is 89.0 Å². The van der Waals surface area contributed by atoms with Crippen molar-refractivity contribution in [3.8, 4) is 11.1 Å². The molecule has 0 saturated heterocycles. The van der Waals surface area contributed by atoms with Gasteiger partial charge in [-0.05, 0) is 47.7 Å². The molecule has 0 fully saturated rings. The van der Waals surface area contributed by atoms with Gasteiger partial charge >= 0.3 is 0 Å². The highest BCUT2D eigenvalue weighted by molar-refractivity contribution is 9.09. The second-order valence-electron chi connectivity index (χ2n) is 6.85. The van der Waals surface area contributed by atoms with Crippen molar-refractivity contribution in [3.63, 3.8) is 0 Å². The van der Waals surface area contributed by atoms with E-state index in [9.17, 15) is 4.79 Å². The van der Waals surface area contributed by atoms with Crippen LogP contribution in [-0.2, 0) is 10.2 Å². The van der Waals surface area contributed by atoms with Crippen molar-refractivity contribution in [2.45, 2.75) is 19.3 Å². The molecule has 4 rings (SSSR count). The van der Waals surface area contributed by atoms with Gasteiger partial charge < -0.3 is 5.32 Å². The highest BCUT2D eigenvalue weighted by Crippen LogP contribution is 2.47. The van der Waals surface area contributed by atoms with Crippen molar-refractivity contribution in [1.29, 1.82) is 0 Å². The zero-order chi connectivity index (χ0) is 18.3. The van der Waals surface area contributed by atoms with E-state index in [1.165, 1.54) is 5.56 Å². The van der Waals surface area contributed by atoms with Crippen molar-refractivity contribution in [2.75, 3.05) is 10.6 Å². The largest absolute Gasteiger partial charge is 0.324 e. The number of benzene rings is 3. The third-order valence-corrected chi connectivity index (χ3v) is 6.20. The Morgan fingerprint density at radius 3 is 2.19 bits per heavy atom. The number of aryl methyl sites for hydroxylation is 2. The number of rotatable bonds is 2. The van der Waals surface area contributed by atoms with Crippen molar-refractivity contribution >= 4 is 27.5 Å². The minimum Gasteiger partial charge on any atom is -0.324 e. The zero-order valence-electron chi connectivity index (χ0n) is 14.8. The van der Waals surface area contributed by atoms with Gasteiger partial charge in [0.15, 0.2) is 0 Å². The van der Waals surface area contributed by atoms with Crippen LogP contribution in [0.3, 0.4) is 0 Å². The Morgan fingerprint density at radius 2 is 1.50 bits per heavy atom. The number of alkyl halides is 1. The summed E-state index contributed by atoms with van der Waals surface area (Å²) >= 11 is 3.68. The summed E-state index contributed by atoms with van der Waals surface area (Å²) < 4.78 is 0. The van der Waals surface area contributed by atoms with Crippen LogP contribution in [0.25, 0.3) is 11.1 Å². The maximum Gasteiger partial charge on any atom is 0.240 e. The molecule has 1 heterocycles. The van der Waals surface area contributed by atoms with Crippen molar-refractivity contribution in [1.82, 2.24) is 0 Å². The summed E-state index contributed by atoms with van der Waals surface area (Å²) in [7, 11) is 0. The lowest BCUT2D eigenvalue weighted by Crippen LogP contribution is -2.42. The minimum absolute atomic E-state index is 0.00299. The van der Waals surface area contributed by atoms with Gasteiger partial charge in [0.05, 0.1) is 0 Å². The first-order valence-electron chi connectivity index (χ1n) is 8.72. The zero-order valence-corrected chi connectivity index (χ0v) is 16.4. The number of fused-ring (bicyclic) bond motifs is 3. The molecule has 0 spiro atoms. The molecular formula is C23H20BrNO. The van der Waals surface area contributed by atoms with Gasteiger partial charge in [-0.3, -0.25) is 4.79 Å². The fourth-order valence-electron chi connectivity index (χ4n) is 4.03. The van der Waals surface area contributed by atoms with E-state index in [0.717, 1.165) is 33.5 Å². The topological polar surface area (TPSA) is 29.1 Å². The molecule has 1 aliphatic rings. The minimum atomic E-state index is -0.784. The second-order valence-corrected chi connectivity index (χ2v) is 7.41. The highest BCUT2D eigenvalue weighted by atomic mass is 79.9. The van der Waals surface area contributed by atoms with Crippen LogP contribution in [0.1, 0.15) is 22.3 Å². The number of halogens is 1. The highest BCUT2D eigenvalue weighted by Gasteiger charge is 2.45. The van der Waals surface area contributed by atoms with Crippen LogP contribution < -0.4 is 5.32 Å². The molecule has 0 bridgehead atoms. The van der Waals surface area contributed by atoms with Gasteiger partial charge in [-0.1, -0.05) is 76.6 Å². The molecule has 0 saturated carbocycles. The average Bonchev–Trinajstić information content (AvgIpc) is 2.76. The number of carbonyl (C=O) groups is 1. The van der Waals surface area contributed by atoms with E-state index in [1.807, 2.05) is 48.5 Å². The maximum absolute atomic E-state index is 13.6. The molecule has 1 atom stereocenters. The van der Waals surface area contributed by atoms with Crippen LogP contribution in [0, 0.1) is 13.8 Å². The molecule has 0 radical (unpaired) electrons. The fourth-order valence-corrected chi connectivity index (χ4v) is 4.91. The van der Waals surface area contributed by atoms with Crippen LogP contribution in [0.5, 0.6) is 0 Å². The Balaban J connectivity index is 2.15. The Morgan fingerprint density at radius 1 is 0.846 bits per heavy atom. The normalized spacial score (nSPS) is 18.5. The lowest BCUT2D eigenvalue weighted by molar-refractivity contribution is -0.119. The van der Waals surface area contributed by atoms with E-state index < -0.39 is 5.41 Å². The van der Waals surface area contributed by atoms with Gasteiger partial charge in [0.1, 0.15) is 5.41 Å². The summed E-state index contributed by atoms with van der Waals surface area (Å²) in [6.07, 6.45) is 0. The van der Waals surface area contributed by atoms with E-state index in [2.05, 4.69) is 53.3 Å². The summed E-state index contributed by atoms with van der Waals surface area (Å²) in [5.74, 6) is -0.00299. The monoisotopic (exact) mass is 405 g/mol. The number of hydrogen-bond acceptors (Lipinski definition) is 1. The molecule has 0 aliphatic carbocycles. The SMILES string of the molecule is Cc1cccc2c1-c1c(C)cccc1[C@@](CBr)(c1ccccc1)C(=O)N2. The average molecular weight is 406 g/mol. The molecule has 26 heavy (non-hydrogen) atoms. The van der Waals surface area contributed by atoms with E-state index in [0.29, 0.717) is 5.33 Å². The first kappa shape index (κ1) is 17.0. The molecular weight excluding hydrogens is 386 g/mol. The fraction of sp³-hybridized carbons (Fsp3) is 0.174. The number of anilines is 1. The van der Waals surface area contributed by atoms with Gasteiger partial charge in [0.25, 0.3) is 0 Å². The van der Waals surface area contributed by atoms with E-state index >= 15 is 0 Å². The Kier molecular flexibility index (Phi) is 4.20. The van der Waals surface area contributed by atoms with Gasteiger partial charge in [-0.25, -0.2) is 0 Å². The maximum atomic E-state index is 13.6. The number of hydrogen-bond donors (Lipinski definition) is 1. The molecule has 0 aromatic heterocycles. The van der Waals surface area contributed by atoms with Gasteiger partial charge in [-0.15, -0.1) is 0 Å². The van der Waals surface area contributed by atoms with Crippen LogP contribution in [0.2, 0.25) is 0 Å². The van der Waals surface area contributed by atoms with Gasteiger partial charge in [0.2, 0.25) is 5.91 Å². The lowest BCUT2D eigenvalue weighted by Gasteiger charge is -2.32. The Bertz CT molecular complexity index is 996. The predicted octanol–water partition coefficient (Wildman–Crippen LogP) is 5.60. The Hall–Kier alpha value is -2.39. The van der Waals surface area contributed by atoms with Crippen LogP contribution in [0.4, 0.5) is 5.69 Å². The van der Waals surface area contributed by atoms with Gasteiger partial charge in [-0.2, -0.15) is 0 Å². The molecule has 1 amide bonds. The molecule has 1 aliphatic heterocycles. The standard InChI is InChI=1S/C23H20BrNO/c1-15-8-6-12-18-20(15)21-16(2)9-7-13-19(21)25-22(26)23(18,14-24)17-10-4-3-5-11-17/h3-13H,14H2,1-2H3,(H,25,26)/t23-/m1/s1. The molecule has 0 unspecified atom stereocenters. The van der Waals surface area contributed by atoms with E-state index in [-0.39, 0.29) is 5.91 Å². The summed E-state index contributed by atoms with van der Waals surface area (Å²) in [4.78, 5) is 13.6. The molecule has 3 aromatic carbocycles. The van der Waals surface area contributed by atoms with Crippen LogP contribution >= 0.6 is 15.9 Å². The number of carbonyl (C=O) groups excluding carboxylic acids is 1. The summed E-state index contributed by atoms with van der Waals surface area (Å²) in [5.41, 5.74) is 6.75. The summed E-state index contributed by atoms with van der Waals surface area (Å²) in [5, 5.41) is 3.72. The molecule has 130 valence electrons.